The molecule has 2 saturated carbocycles. The summed E-state index contributed by atoms with van der Waals surface area (Å²) < 4.78 is 5.76. The molecule has 6 nitrogen and oxygen atoms in total. The minimum atomic E-state index is -0.429. The number of aliphatic imine (C=N–C) groups is 1. The highest BCUT2D eigenvalue weighted by Gasteiger charge is 2.39. The van der Waals surface area contributed by atoms with Crippen LogP contribution in [0.5, 0.6) is 0 Å². The number of amides is 2. The number of benzene rings is 2. The summed E-state index contributed by atoms with van der Waals surface area (Å²) in [6.45, 7) is 1.71. The first kappa shape index (κ1) is 20.5. The lowest BCUT2D eigenvalue weighted by molar-refractivity contribution is -0.129. The molecule has 2 aromatic rings. The Hall–Kier alpha value is -2.38. The Morgan fingerprint density at radius 2 is 1.94 bits per heavy atom. The third-order valence-electron chi connectivity index (χ3n) is 5.80. The number of hydrogen-bond acceptors (Lipinski definition) is 5. The van der Waals surface area contributed by atoms with Crippen molar-refractivity contribution in [1.82, 2.24) is 10.2 Å². The van der Waals surface area contributed by atoms with Crippen LogP contribution in [0.25, 0.3) is 10.8 Å². The van der Waals surface area contributed by atoms with E-state index >= 15 is 0 Å². The summed E-state index contributed by atoms with van der Waals surface area (Å²) in [7, 11) is 0. The molecule has 3 aliphatic rings. The molecule has 1 heterocycles. The van der Waals surface area contributed by atoms with Crippen molar-refractivity contribution in [2.24, 2.45) is 10.9 Å². The fourth-order valence-corrected chi connectivity index (χ4v) is 4.84. The second-order valence-electron chi connectivity index (χ2n) is 8.59. The number of amidine groups is 1. The van der Waals surface area contributed by atoms with Gasteiger partial charge >= 0.3 is 0 Å². The Bertz CT molecular complexity index is 1020. The van der Waals surface area contributed by atoms with Gasteiger partial charge in [0.25, 0.3) is 0 Å². The number of carbonyl (C=O) groups excluding carboxylic acids is 2. The lowest BCUT2D eigenvalue weighted by atomic mass is 10.1. The molecule has 31 heavy (non-hydrogen) atoms. The third-order valence-corrected chi connectivity index (χ3v) is 6.98. The molecular weight excluding hydrogens is 410 g/mol. The van der Waals surface area contributed by atoms with E-state index in [1.807, 2.05) is 30.3 Å². The zero-order chi connectivity index (χ0) is 21.2. The fourth-order valence-electron chi connectivity index (χ4n) is 3.66. The Morgan fingerprint density at radius 3 is 2.71 bits per heavy atom. The SMILES string of the molecule is O=C(CC1SC(=Nc2ccc3ccccc3c2)N(CCOCC2CC2)C1=O)NC1CC1. The molecule has 1 saturated heterocycles. The summed E-state index contributed by atoms with van der Waals surface area (Å²) in [6.07, 6.45) is 4.75. The number of nitrogens with zero attached hydrogens (tertiary/aromatic N) is 2. The molecule has 7 heteroatoms. The van der Waals surface area contributed by atoms with E-state index in [0.717, 1.165) is 35.9 Å². The second kappa shape index (κ2) is 9.01. The van der Waals surface area contributed by atoms with E-state index in [0.29, 0.717) is 30.3 Å². The summed E-state index contributed by atoms with van der Waals surface area (Å²) in [4.78, 5) is 31.9. The number of rotatable bonds is 9. The maximum absolute atomic E-state index is 13.1. The molecule has 2 aromatic carbocycles. The third kappa shape index (κ3) is 5.28. The molecule has 2 amide bonds. The van der Waals surface area contributed by atoms with E-state index in [1.54, 1.807) is 4.90 Å². The van der Waals surface area contributed by atoms with E-state index in [9.17, 15) is 9.59 Å². The highest BCUT2D eigenvalue weighted by atomic mass is 32.2. The largest absolute Gasteiger partial charge is 0.379 e. The van der Waals surface area contributed by atoms with Crippen LogP contribution in [0.1, 0.15) is 32.1 Å². The maximum Gasteiger partial charge on any atom is 0.242 e. The van der Waals surface area contributed by atoms with Crippen LogP contribution in [0.4, 0.5) is 5.69 Å². The molecule has 0 bridgehead atoms. The number of carbonyl (C=O) groups is 2. The number of nitrogens with one attached hydrogen (secondary N) is 1. The van der Waals surface area contributed by atoms with Crippen LogP contribution in [-0.2, 0) is 14.3 Å². The van der Waals surface area contributed by atoms with Gasteiger partial charge in [-0.3, -0.25) is 14.5 Å². The summed E-state index contributed by atoms with van der Waals surface area (Å²) in [5.41, 5.74) is 0.806. The second-order valence-corrected chi connectivity index (χ2v) is 9.76. The lowest BCUT2D eigenvalue weighted by Crippen LogP contribution is -2.37. The number of thioether (sulfide) groups is 1. The van der Waals surface area contributed by atoms with Crippen LogP contribution in [0.3, 0.4) is 0 Å². The number of fused-ring (bicyclic) bond motifs is 1. The highest BCUT2D eigenvalue weighted by molar-refractivity contribution is 8.15. The zero-order valence-corrected chi connectivity index (χ0v) is 18.3. The fraction of sp³-hybridized carbons (Fsp3) is 0.458. The van der Waals surface area contributed by atoms with Gasteiger partial charge < -0.3 is 10.1 Å². The van der Waals surface area contributed by atoms with Crippen molar-refractivity contribution < 1.29 is 14.3 Å². The van der Waals surface area contributed by atoms with Gasteiger partial charge in [-0.15, -0.1) is 0 Å². The molecular formula is C24H27N3O3S. The Balaban J connectivity index is 1.32. The molecule has 1 aliphatic heterocycles. The smallest absolute Gasteiger partial charge is 0.242 e. The predicted molar refractivity (Wildman–Crippen MR) is 123 cm³/mol. The normalized spacial score (nSPS) is 22.5. The highest BCUT2D eigenvalue weighted by Crippen LogP contribution is 2.33. The number of hydrogen-bond donors (Lipinski definition) is 1. The van der Waals surface area contributed by atoms with Crippen molar-refractivity contribution in [3.63, 3.8) is 0 Å². The van der Waals surface area contributed by atoms with E-state index in [4.69, 9.17) is 9.73 Å². The molecule has 0 spiro atoms. The minimum absolute atomic E-state index is 0.0505. The average Bonchev–Trinajstić information content (AvgIpc) is 3.69. The van der Waals surface area contributed by atoms with Gasteiger partial charge in [-0.1, -0.05) is 42.1 Å². The van der Waals surface area contributed by atoms with Crippen LogP contribution in [0.2, 0.25) is 0 Å². The first-order valence-electron chi connectivity index (χ1n) is 11.1. The molecule has 5 rings (SSSR count). The first-order chi connectivity index (χ1) is 15.2. The van der Waals surface area contributed by atoms with E-state index < -0.39 is 5.25 Å². The lowest BCUT2D eigenvalue weighted by Gasteiger charge is -2.16. The Kier molecular flexibility index (Phi) is 5.96. The van der Waals surface area contributed by atoms with Crippen molar-refractivity contribution in [3.8, 4) is 0 Å². The molecule has 1 atom stereocenters. The average molecular weight is 438 g/mol. The van der Waals surface area contributed by atoms with Gasteiger partial charge in [0, 0.05) is 19.1 Å². The van der Waals surface area contributed by atoms with Crippen LogP contribution >= 0.6 is 11.8 Å². The van der Waals surface area contributed by atoms with Gasteiger partial charge in [-0.05, 0) is 54.5 Å². The van der Waals surface area contributed by atoms with E-state index in [2.05, 4.69) is 17.4 Å². The van der Waals surface area contributed by atoms with Gasteiger partial charge in [-0.25, -0.2) is 4.99 Å². The van der Waals surface area contributed by atoms with Gasteiger partial charge in [-0.2, -0.15) is 0 Å². The van der Waals surface area contributed by atoms with Crippen LogP contribution < -0.4 is 5.32 Å². The van der Waals surface area contributed by atoms with Gasteiger partial charge in [0.1, 0.15) is 5.25 Å². The summed E-state index contributed by atoms with van der Waals surface area (Å²) in [5, 5.41) is 5.47. The van der Waals surface area contributed by atoms with Crippen molar-refractivity contribution >= 4 is 45.2 Å². The minimum Gasteiger partial charge on any atom is -0.379 e. The summed E-state index contributed by atoms with van der Waals surface area (Å²) >= 11 is 1.39. The van der Waals surface area contributed by atoms with Gasteiger partial charge in [0.05, 0.1) is 18.8 Å². The Labute approximate surface area is 186 Å². The molecule has 0 aromatic heterocycles. The molecule has 1 N–H and O–H groups in total. The van der Waals surface area contributed by atoms with Crippen LogP contribution in [-0.4, -0.2) is 52.9 Å². The van der Waals surface area contributed by atoms with E-state index in [1.165, 1.54) is 24.6 Å². The zero-order valence-electron chi connectivity index (χ0n) is 17.5. The quantitative estimate of drug-likeness (QED) is 0.605. The molecule has 1 unspecified atom stereocenters. The van der Waals surface area contributed by atoms with Crippen LogP contribution in [0, 0.1) is 5.92 Å². The number of ether oxygens (including phenoxy) is 1. The van der Waals surface area contributed by atoms with Crippen LogP contribution in [0.15, 0.2) is 47.5 Å². The molecule has 162 valence electrons. The van der Waals surface area contributed by atoms with Crippen molar-refractivity contribution in [2.45, 2.75) is 43.4 Å². The van der Waals surface area contributed by atoms with Crippen molar-refractivity contribution in [2.75, 3.05) is 19.8 Å². The van der Waals surface area contributed by atoms with Gasteiger partial charge in [0.2, 0.25) is 11.8 Å². The standard InChI is InChI=1S/C24H27N3O3S/c28-22(25-19-9-10-19)14-21-23(29)27(11-12-30-15-16-5-6-16)24(31-21)26-20-8-7-17-3-1-2-4-18(17)13-20/h1-4,7-8,13,16,19,21H,5-6,9-12,14-15H2,(H,25,28). The summed E-state index contributed by atoms with van der Waals surface area (Å²) in [6, 6.07) is 14.5. The monoisotopic (exact) mass is 437 g/mol. The molecule has 3 fully saturated rings. The molecule has 0 radical (unpaired) electrons. The predicted octanol–water partition coefficient (Wildman–Crippen LogP) is 3.87. The first-order valence-corrected chi connectivity index (χ1v) is 12.0. The topological polar surface area (TPSA) is 71.0 Å². The Morgan fingerprint density at radius 1 is 1.13 bits per heavy atom. The molecule has 2 aliphatic carbocycles. The van der Waals surface area contributed by atoms with Crippen molar-refractivity contribution in [1.29, 1.82) is 0 Å². The summed E-state index contributed by atoms with van der Waals surface area (Å²) in [5.74, 6) is 0.587. The van der Waals surface area contributed by atoms with Crippen molar-refractivity contribution in [3.05, 3.63) is 42.5 Å². The maximum atomic E-state index is 13.1. The van der Waals surface area contributed by atoms with Gasteiger partial charge in [0.15, 0.2) is 5.17 Å². The van der Waals surface area contributed by atoms with E-state index in [-0.39, 0.29) is 18.2 Å².